The number of aromatic nitrogens is 4. The fourth-order valence-corrected chi connectivity index (χ4v) is 4.96. The first-order valence-corrected chi connectivity index (χ1v) is 12.5. The smallest absolute Gasteiger partial charge is 0.224 e. The van der Waals surface area contributed by atoms with Crippen molar-refractivity contribution in [2.75, 3.05) is 68.0 Å². The van der Waals surface area contributed by atoms with E-state index in [1.165, 1.54) is 12.1 Å². The summed E-state index contributed by atoms with van der Waals surface area (Å²) in [6.07, 6.45) is 6.87. The molecule has 12 heteroatoms. The van der Waals surface area contributed by atoms with E-state index in [0.717, 1.165) is 62.3 Å². The van der Waals surface area contributed by atoms with Crippen LogP contribution in [0.15, 0.2) is 36.5 Å². The molecule has 0 aliphatic carbocycles. The summed E-state index contributed by atoms with van der Waals surface area (Å²) in [5.41, 5.74) is 8.52. The van der Waals surface area contributed by atoms with E-state index in [1.54, 1.807) is 10.9 Å². The number of nitrogens with zero attached hydrogens (tertiary/aromatic N) is 7. The third-order valence-corrected chi connectivity index (χ3v) is 7.09. The molecule has 3 aromatic rings. The van der Waals surface area contributed by atoms with Gasteiger partial charge in [0.1, 0.15) is 17.5 Å². The molecule has 5 rings (SSSR count). The largest absolute Gasteiger partial charge is 0.396 e. The van der Waals surface area contributed by atoms with Gasteiger partial charge in [0.25, 0.3) is 0 Å². The Morgan fingerprint density at radius 2 is 1.71 bits per heavy atom. The standard InChI is InChI=1S/C26H32F2N8O.ClH/c1-18-20(3-2-5-33-7-9-34(10-8-33)23-12-21(27)11-22(28)13-23)15-30-36(18)25-14-24(31-26(29)32-25)35-6-4-19(16-35)17-37;/h2-3,11-15,19,37H,4-10,16-17H2,1H3,(H2,29,31,32);1H/b3-2+;/t19-;/m0./s1. The fourth-order valence-electron chi connectivity index (χ4n) is 4.96. The number of hydrogen-bond donors (Lipinski definition) is 2. The van der Waals surface area contributed by atoms with Gasteiger partial charge < -0.3 is 20.6 Å². The molecule has 0 spiro atoms. The quantitative estimate of drug-likeness (QED) is 0.467. The Labute approximate surface area is 227 Å². The van der Waals surface area contributed by atoms with Crippen molar-refractivity contribution in [1.82, 2.24) is 24.6 Å². The van der Waals surface area contributed by atoms with Crippen molar-refractivity contribution in [2.45, 2.75) is 13.3 Å². The predicted octanol–water partition coefficient (Wildman–Crippen LogP) is 2.91. The number of rotatable bonds is 7. The number of halogens is 3. The third kappa shape index (κ3) is 6.23. The van der Waals surface area contributed by atoms with E-state index >= 15 is 0 Å². The van der Waals surface area contributed by atoms with Gasteiger partial charge in [-0.15, -0.1) is 12.4 Å². The van der Waals surface area contributed by atoms with Crippen molar-refractivity contribution in [3.8, 4) is 5.82 Å². The summed E-state index contributed by atoms with van der Waals surface area (Å²) >= 11 is 0. The molecular weight excluding hydrogens is 514 g/mol. The summed E-state index contributed by atoms with van der Waals surface area (Å²) in [5, 5.41) is 14.0. The highest BCUT2D eigenvalue weighted by Crippen LogP contribution is 2.25. The molecule has 0 amide bonds. The highest BCUT2D eigenvalue weighted by atomic mass is 35.5. The van der Waals surface area contributed by atoms with E-state index < -0.39 is 11.6 Å². The molecule has 2 aromatic heterocycles. The third-order valence-electron chi connectivity index (χ3n) is 7.09. The van der Waals surface area contributed by atoms with Crippen molar-refractivity contribution >= 4 is 35.9 Å². The van der Waals surface area contributed by atoms with E-state index in [-0.39, 0.29) is 30.9 Å². The number of aliphatic hydroxyl groups excluding tert-OH is 1. The number of anilines is 3. The highest BCUT2D eigenvalue weighted by molar-refractivity contribution is 5.85. The van der Waals surface area contributed by atoms with Gasteiger partial charge in [0.05, 0.1) is 11.9 Å². The molecule has 38 heavy (non-hydrogen) atoms. The molecule has 0 saturated carbocycles. The van der Waals surface area contributed by atoms with Crippen LogP contribution in [0.4, 0.5) is 26.2 Å². The molecule has 0 bridgehead atoms. The normalized spacial score (nSPS) is 18.4. The monoisotopic (exact) mass is 546 g/mol. The lowest BCUT2D eigenvalue weighted by Gasteiger charge is -2.35. The van der Waals surface area contributed by atoms with Gasteiger partial charge in [-0.2, -0.15) is 15.1 Å². The second kappa shape index (κ2) is 12.1. The van der Waals surface area contributed by atoms with Gasteiger partial charge in [0.2, 0.25) is 5.95 Å². The number of piperazine rings is 1. The zero-order valence-electron chi connectivity index (χ0n) is 21.3. The second-order valence-corrected chi connectivity index (χ2v) is 9.64. The van der Waals surface area contributed by atoms with Crippen LogP contribution in [0.1, 0.15) is 17.7 Å². The Bertz CT molecular complexity index is 1260. The van der Waals surface area contributed by atoms with Crippen LogP contribution >= 0.6 is 12.4 Å². The molecule has 204 valence electrons. The van der Waals surface area contributed by atoms with Gasteiger partial charge in [-0.1, -0.05) is 12.2 Å². The van der Waals surface area contributed by atoms with Crippen LogP contribution in [0.2, 0.25) is 0 Å². The zero-order valence-corrected chi connectivity index (χ0v) is 22.1. The first-order chi connectivity index (χ1) is 17.9. The maximum atomic E-state index is 13.6. The van der Waals surface area contributed by atoms with Crippen molar-refractivity contribution in [3.05, 3.63) is 59.4 Å². The van der Waals surface area contributed by atoms with Crippen molar-refractivity contribution in [1.29, 1.82) is 0 Å². The van der Waals surface area contributed by atoms with Crippen LogP contribution in [0.5, 0.6) is 0 Å². The topological polar surface area (TPSA) is 99.6 Å². The molecule has 1 aromatic carbocycles. The minimum atomic E-state index is -0.552. The lowest BCUT2D eigenvalue weighted by Crippen LogP contribution is -2.46. The van der Waals surface area contributed by atoms with Crippen LogP contribution in [0.3, 0.4) is 0 Å². The van der Waals surface area contributed by atoms with Gasteiger partial charge in [0, 0.05) is 81.7 Å². The summed E-state index contributed by atoms with van der Waals surface area (Å²) in [7, 11) is 0. The first kappa shape index (κ1) is 27.7. The van der Waals surface area contributed by atoms with Gasteiger partial charge in [-0.25, -0.2) is 13.5 Å². The van der Waals surface area contributed by atoms with Crippen LogP contribution in [0.25, 0.3) is 11.9 Å². The number of benzene rings is 1. The average Bonchev–Trinajstić information content (AvgIpc) is 3.50. The summed E-state index contributed by atoms with van der Waals surface area (Å²) < 4.78 is 28.9. The molecule has 0 radical (unpaired) electrons. The summed E-state index contributed by atoms with van der Waals surface area (Å²) in [5.74, 6) is 0.678. The zero-order chi connectivity index (χ0) is 25.9. The number of nitrogens with two attached hydrogens (primary N) is 1. The molecular formula is C26H33ClF2N8O. The highest BCUT2D eigenvalue weighted by Gasteiger charge is 2.24. The average molecular weight is 547 g/mol. The molecule has 9 nitrogen and oxygen atoms in total. The van der Waals surface area contributed by atoms with E-state index in [2.05, 4.69) is 30.9 Å². The Kier molecular flexibility index (Phi) is 8.80. The summed E-state index contributed by atoms with van der Waals surface area (Å²) in [4.78, 5) is 15.2. The lowest BCUT2D eigenvalue weighted by atomic mass is 10.1. The molecule has 4 heterocycles. The molecule has 2 fully saturated rings. The Hall–Kier alpha value is -3.28. The minimum Gasteiger partial charge on any atom is -0.396 e. The molecule has 2 saturated heterocycles. The molecule has 1 atom stereocenters. The summed E-state index contributed by atoms with van der Waals surface area (Å²) in [6, 6.07) is 5.54. The Morgan fingerprint density at radius 1 is 1.00 bits per heavy atom. The molecule has 2 aliphatic heterocycles. The van der Waals surface area contributed by atoms with E-state index in [1.807, 2.05) is 24.0 Å². The van der Waals surface area contributed by atoms with Crippen molar-refractivity contribution < 1.29 is 13.9 Å². The van der Waals surface area contributed by atoms with Crippen LogP contribution in [0, 0.1) is 24.5 Å². The van der Waals surface area contributed by atoms with Gasteiger partial charge in [0.15, 0.2) is 5.82 Å². The Balaban J connectivity index is 0.00000336. The fraction of sp³-hybridized carbons (Fsp3) is 0.423. The molecule has 3 N–H and O–H groups in total. The van der Waals surface area contributed by atoms with Crippen LogP contribution in [-0.4, -0.2) is 82.2 Å². The second-order valence-electron chi connectivity index (χ2n) is 9.64. The maximum absolute atomic E-state index is 13.6. The van der Waals surface area contributed by atoms with Gasteiger partial charge in [-0.05, 0) is 25.5 Å². The number of nitrogen functional groups attached to an aromatic ring is 1. The lowest BCUT2D eigenvalue weighted by molar-refractivity contribution is 0.238. The Morgan fingerprint density at radius 3 is 2.39 bits per heavy atom. The summed E-state index contributed by atoms with van der Waals surface area (Å²) in [6.45, 7) is 7.50. The van der Waals surface area contributed by atoms with Crippen LogP contribution < -0.4 is 15.5 Å². The molecule has 2 aliphatic rings. The minimum absolute atomic E-state index is 0. The van der Waals surface area contributed by atoms with Gasteiger partial charge >= 0.3 is 0 Å². The number of aliphatic hydroxyl groups is 1. The molecule has 0 unspecified atom stereocenters. The van der Waals surface area contributed by atoms with Crippen molar-refractivity contribution in [2.24, 2.45) is 5.92 Å². The predicted molar refractivity (Wildman–Crippen MR) is 147 cm³/mol. The number of hydrogen-bond acceptors (Lipinski definition) is 8. The van der Waals surface area contributed by atoms with E-state index in [4.69, 9.17) is 5.73 Å². The van der Waals surface area contributed by atoms with Crippen molar-refractivity contribution in [3.63, 3.8) is 0 Å². The maximum Gasteiger partial charge on any atom is 0.224 e. The van der Waals surface area contributed by atoms with Crippen LogP contribution in [-0.2, 0) is 0 Å². The SMILES string of the molecule is Cc1c(/C=C/CN2CCN(c3cc(F)cc(F)c3)CC2)cnn1-c1cc(N2CC[C@H](CO)C2)nc(N)n1.Cl. The van der Waals surface area contributed by atoms with Gasteiger partial charge in [-0.3, -0.25) is 4.90 Å². The van der Waals surface area contributed by atoms with E-state index in [0.29, 0.717) is 24.6 Å². The van der Waals surface area contributed by atoms with E-state index in [9.17, 15) is 13.9 Å². The first-order valence-electron chi connectivity index (χ1n) is 12.5.